The molecule has 0 saturated heterocycles. The normalized spacial score (nSPS) is 11.0. The number of pyridine rings is 1. The first-order valence-corrected chi connectivity index (χ1v) is 7.73. The van der Waals surface area contributed by atoms with Gasteiger partial charge in [0.2, 0.25) is 0 Å². The molecule has 3 nitrogen and oxygen atoms in total. The van der Waals surface area contributed by atoms with Crippen LogP contribution < -0.4 is 0 Å². The number of aromatic nitrogens is 1. The van der Waals surface area contributed by atoms with Gasteiger partial charge in [-0.05, 0) is 49.7 Å². The Hall–Kier alpha value is -2.10. The number of fused-ring (bicyclic) bond motifs is 1. The Morgan fingerprint density at radius 2 is 1.83 bits per heavy atom. The fourth-order valence-electron chi connectivity index (χ4n) is 2.69. The fourth-order valence-corrected chi connectivity index (χ4v) is 3.19. The van der Waals surface area contributed by atoms with Crippen LogP contribution in [0.3, 0.4) is 0 Å². The first kappa shape index (κ1) is 15.8. The topological polar surface area (TPSA) is 50.2 Å². The van der Waals surface area contributed by atoms with E-state index in [0.29, 0.717) is 37.8 Å². The maximum absolute atomic E-state index is 11.8. The number of carboxylic acids is 1. The van der Waals surface area contributed by atoms with Crippen molar-refractivity contribution in [2.24, 2.45) is 0 Å². The summed E-state index contributed by atoms with van der Waals surface area (Å²) in [5.41, 5.74) is 3.66. The molecule has 0 spiro atoms. The summed E-state index contributed by atoms with van der Waals surface area (Å²) in [6.45, 7) is 3.67. The monoisotopic (exact) mass is 345 g/mol. The molecule has 0 amide bonds. The zero-order chi connectivity index (χ0) is 16.7. The molecular weight excluding hydrogens is 333 g/mol. The van der Waals surface area contributed by atoms with Gasteiger partial charge in [-0.3, -0.25) is 0 Å². The summed E-state index contributed by atoms with van der Waals surface area (Å²) in [7, 11) is 0. The van der Waals surface area contributed by atoms with E-state index in [1.807, 2.05) is 25.1 Å². The van der Waals surface area contributed by atoms with E-state index in [1.54, 1.807) is 25.1 Å². The van der Waals surface area contributed by atoms with E-state index in [9.17, 15) is 9.90 Å². The van der Waals surface area contributed by atoms with Crippen LogP contribution in [0, 0.1) is 13.8 Å². The average molecular weight is 346 g/mol. The second-order valence-corrected chi connectivity index (χ2v) is 6.25. The lowest BCUT2D eigenvalue weighted by Gasteiger charge is -2.13. The van der Waals surface area contributed by atoms with Crippen LogP contribution in [0.25, 0.3) is 22.2 Å². The second-order valence-electron chi connectivity index (χ2n) is 5.41. The number of hydrogen-bond acceptors (Lipinski definition) is 2. The van der Waals surface area contributed by atoms with Crippen LogP contribution >= 0.6 is 23.2 Å². The van der Waals surface area contributed by atoms with E-state index < -0.39 is 5.97 Å². The van der Waals surface area contributed by atoms with Gasteiger partial charge >= 0.3 is 5.97 Å². The van der Waals surface area contributed by atoms with E-state index in [4.69, 9.17) is 23.2 Å². The molecule has 0 aliphatic rings. The van der Waals surface area contributed by atoms with E-state index in [1.165, 1.54) is 0 Å². The fraction of sp³-hybridized carbons (Fsp3) is 0.111. The molecule has 3 aromatic rings. The minimum absolute atomic E-state index is 0.250. The van der Waals surface area contributed by atoms with Crippen molar-refractivity contribution in [3.8, 4) is 11.3 Å². The summed E-state index contributed by atoms with van der Waals surface area (Å²) in [5.74, 6) is -0.980. The van der Waals surface area contributed by atoms with Crippen LogP contribution in [0.2, 0.25) is 10.0 Å². The highest BCUT2D eigenvalue weighted by Gasteiger charge is 2.19. The van der Waals surface area contributed by atoms with Crippen LogP contribution in [-0.2, 0) is 0 Å². The number of nitrogens with zero attached hydrogens (tertiary/aromatic N) is 1. The number of halogens is 2. The van der Waals surface area contributed by atoms with Gasteiger partial charge in [-0.2, -0.15) is 0 Å². The molecule has 23 heavy (non-hydrogen) atoms. The van der Waals surface area contributed by atoms with Crippen LogP contribution in [-0.4, -0.2) is 16.1 Å². The quantitative estimate of drug-likeness (QED) is 0.664. The van der Waals surface area contributed by atoms with Crippen LogP contribution in [0.5, 0.6) is 0 Å². The third-order valence-corrected chi connectivity index (χ3v) is 4.33. The van der Waals surface area contributed by atoms with E-state index in [-0.39, 0.29) is 5.56 Å². The third kappa shape index (κ3) is 2.78. The molecule has 0 fully saturated rings. The Balaban J connectivity index is 2.41. The number of carboxylic acid groups (broad SMARTS) is 1. The number of carbonyl (C=O) groups is 1. The molecular formula is C18H13Cl2NO2. The molecule has 0 atom stereocenters. The van der Waals surface area contributed by atoms with Crippen molar-refractivity contribution >= 4 is 40.1 Å². The Bertz CT molecular complexity index is 951. The predicted octanol–water partition coefficient (Wildman–Crippen LogP) is 5.52. The smallest absolute Gasteiger partial charge is 0.336 e. The molecule has 0 aliphatic carbocycles. The van der Waals surface area contributed by atoms with Crippen molar-refractivity contribution in [2.45, 2.75) is 13.8 Å². The molecule has 0 bridgehead atoms. The summed E-state index contributed by atoms with van der Waals surface area (Å²) >= 11 is 12.2. The molecule has 0 saturated carbocycles. The van der Waals surface area contributed by atoms with Gasteiger partial charge < -0.3 is 5.11 Å². The number of rotatable bonds is 2. The number of aryl methyl sites for hydroxylation is 1. The number of hydrogen-bond donors (Lipinski definition) is 1. The summed E-state index contributed by atoms with van der Waals surface area (Å²) in [6, 6.07) is 10.7. The molecule has 5 heteroatoms. The Kier molecular flexibility index (Phi) is 4.00. The van der Waals surface area contributed by atoms with Gasteiger partial charge in [-0.25, -0.2) is 9.78 Å². The van der Waals surface area contributed by atoms with Gasteiger partial charge in [-0.1, -0.05) is 34.8 Å². The van der Waals surface area contributed by atoms with Crippen LogP contribution in [0.4, 0.5) is 0 Å². The average Bonchev–Trinajstić information content (AvgIpc) is 2.47. The summed E-state index contributed by atoms with van der Waals surface area (Å²) in [4.78, 5) is 16.4. The molecule has 2 aromatic carbocycles. The number of aromatic carboxylic acids is 1. The highest BCUT2D eigenvalue weighted by molar-refractivity contribution is 6.36. The second kappa shape index (κ2) is 5.84. The van der Waals surface area contributed by atoms with Crippen molar-refractivity contribution in [3.05, 3.63) is 63.1 Å². The van der Waals surface area contributed by atoms with E-state index >= 15 is 0 Å². The lowest BCUT2D eigenvalue weighted by Crippen LogP contribution is -2.05. The predicted molar refractivity (Wildman–Crippen MR) is 93.6 cm³/mol. The van der Waals surface area contributed by atoms with E-state index in [2.05, 4.69) is 4.98 Å². The molecule has 0 radical (unpaired) electrons. The maximum Gasteiger partial charge on any atom is 0.336 e. The molecule has 3 rings (SSSR count). The first-order valence-electron chi connectivity index (χ1n) is 6.98. The molecule has 0 aliphatic heterocycles. The summed E-state index contributed by atoms with van der Waals surface area (Å²) in [6.07, 6.45) is 0. The largest absolute Gasteiger partial charge is 0.478 e. The highest BCUT2D eigenvalue weighted by Crippen LogP contribution is 2.35. The minimum atomic E-state index is -0.980. The standard InChI is InChI=1S/C18H13Cl2NO2/c1-9-3-6-15-13(7-9)16(18(22)23)10(2)17(21-15)12-5-4-11(19)8-14(12)20/h3-8H,1-2H3,(H,22,23). The van der Waals surface area contributed by atoms with Crippen molar-refractivity contribution in [1.82, 2.24) is 4.98 Å². The zero-order valence-electron chi connectivity index (χ0n) is 12.5. The van der Waals surface area contributed by atoms with Crippen molar-refractivity contribution in [2.75, 3.05) is 0 Å². The van der Waals surface area contributed by atoms with Gasteiger partial charge in [0, 0.05) is 16.0 Å². The third-order valence-electron chi connectivity index (χ3n) is 3.78. The Morgan fingerprint density at radius 3 is 2.48 bits per heavy atom. The lowest BCUT2D eigenvalue weighted by atomic mass is 9.97. The molecule has 0 unspecified atom stereocenters. The van der Waals surface area contributed by atoms with E-state index in [0.717, 1.165) is 5.56 Å². The van der Waals surface area contributed by atoms with Crippen molar-refractivity contribution in [3.63, 3.8) is 0 Å². The van der Waals surface area contributed by atoms with Gasteiger partial charge in [0.25, 0.3) is 0 Å². The molecule has 1 heterocycles. The van der Waals surface area contributed by atoms with Crippen molar-refractivity contribution in [1.29, 1.82) is 0 Å². The van der Waals surface area contributed by atoms with Gasteiger partial charge in [0.1, 0.15) is 0 Å². The van der Waals surface area contributed by atoms with Gasteiger partial charge in [0.15, 0.2) is 0 Å². The highest BCUT2D eigenvalue weighted by atomic mass is 35.5. The van der Waals surface area contributed by atoms with Gasteiger partial charge in [0.05, 0.1) is 21.8 Å². The SMILES string of the molecule is Cc1ccc2nc(-c3ccc(Cl)cc3Cl)c(C)c(C(=O)O)c2c1. The van der Waals surface area contributed by atoms with Crippen LogP contribution in [0.15, 0.2) is 36.4 Å². The maximum atomic E-state index is 11.8. The Morgan fingerprint density at radius 1 is 1.09 bits per heavy atom. The van der Waals surface area contributed by atoms with Gasteiger partial charge in [-0.15, -0.1) is 0 Å². The number of benzene rings is 2. The zero-order valence-corrected chi connectivity index (χ0v) is 14.0. The van der Waals surface area contributed by atoms with Crippen molar-refractivity contribution < 1.29 is 9.90 Å². The summed E-state index contributed by atoms with van der Waals surface area (Å²) < 4.78 is 0. The molecule has 1 aromatic heterocycles. The summed E-state index contributed by atoms with van der Waals surface area (Å²) in [5, 5.41) is 11.2. The lowest BCUT2D eigenvalue weighted by molar-refractivity contribution is 0.0698. The Labute approximate surface area is 143 Å². The minimum Gasteiger partial charge on any atom is -0.478 e. The van der Waals surface area contributed by atoms with Crippen LogP contribution in [0.1, 0.15) is 21.5 Å². The molecule has 1 N–H and O–H groups in total. The first-order chi connectivity index (χ1) is 10.9. The molecule has 116 valence electrons.